The molecule has 1 aliphatic heterocycles. The summed E-state index contributed by atoms with van der Waals surface area (Å²) in [5.74, 6) is -0.660. The minimum Gasteiger partial charge on any atom is -0.406 e. The highest BCUT2D eigenvalue weighted by atomic mass is 32.1. The van der Waals surface area contributed by atoms with Gasteiger partial charge in [-0.15, -0.1) is 13.2 Å². The van der Waals surface area contributed by atoms with Gasteiger partial charge in [0, 0.05) is 24.3 Å². The molecule has 0 aliphatic carbocycles. The lowest BCUT2D eigenvalue weighted by atomic mass is 9.96. The highest BCUT2D eigenvalue weighted by molar-refractivity contribution is 7.80. The van der Waals surface area contributed by atoms with Gasteiger partial charge >= 0.3 is 6.36 Å². The number of aromatic amines is 1. The van der Waals surface area contributed by atoms with Crippen molar-refractivity contribution >= 4 is 23.0 Å². The van der Waals surface area contributed by atoms with E-state index >= 15 is 0 Å². The van der Waals surface area contributed by atoms with Crippen molar-refractivity contribution in [3.8, 4) is 5.75 Å². The fraction of sp³-hybridized carbons (Fsp3) is 0.200. The molecular weight excluding hydrogens is 420 g/mol. The smallest absolute Gasteiger partial charge is 0.406 e. The van der Waals surface area contributed by atoms with Crippen molar-refractivity contribution in [1.82, 2.24) is 14.9 Å². The molecule has 30 heavy (non-hydrogen) atoms. The Morgan fingerprint density at radius 3 is 2.50 bits per heavy atom. The van der Waals surface area contributed by atoms with E-state index in [0.29, 0.717) is 23.8 Å². The average molecular weight is 436 g/mol. The number of halogens is 4. The Hall–Kier alpha value is -3.14. The van der Waals surface area contributed by atoms with Gasteiger partial charge in [-0.1, -0.05) is 12.1 Å². The third-order valence-electron chi connectivity index (χ3n) is 4.71. The van der Waals surface area contributed by atoms with Crippen LogP contribution in [0.15, 0.2) is 54.9 Å². The summed E-state index contributed by atoms with van der Waals surface area (Å²) >= 11 is 5.57. The molecule has 156 valence electrons. The zero-order valence-corrected chi connectivity index (χ0v) is 16.2. The molecular formula is C20H16F4N4OS. The zero-order valence-electron chi connectivity index (χ0n) is 15.4. The number of ether oxygens (including phenoxy) is 1. The number of fused-ring (bicyclic) bond motifs is 1. The normalized spacial score (nSPS) is 16.1. The number of aromatic nitrogens is 2. The fourth-order valence-corrected chi connectivity index (χ4v) is 3.73. The molecule has 2 aromatic carbocycles. The van der Waals surface area contributed by atoms with Crippen LogP contribution in [0, 0.1) is 5.82 Å². The van der Waals surface area contributed by atoms with E-state index in [1.807, 2.05) is 4.90 Å². The quantitative estimate of drug-likeness (QED) is 0.457. The summed E-state index contributed by atoms with van der Waals surface area (Å²) in [6.07, 6.45) is -2.45. The van der Waals surface area contributed by atoms with Crippen molar-refractivity contribution in [2.24, 2.45) is 0 Å². The van der Waals surface area contributed by atoms with E-state index in [0.717, 1.165) is 17.0 Å². The molecule has 2 heterocycles. The van der Waals surface area contributed by atoms with Crippen LogP contribution in [0.3, 0.4) is 0 Å². The number of rotatable bonds is 3. The van der Waals surface area contributed by atoms with E-state index in [1.54, 1.807) is 18.5 Å². The van der Waals surface area contributed by atoms with Crippen LogP contribution in [0.1, 0.15) is 23.0 Å². The first-order chi connectivity index (χ1) is 14.3. The highest BCUT2D eigenvalue weighted by Crippen LogP contribution is 2.34. The third-order valence-corrected chi connectivity index (χ3v) is 5.05. The van der Waals surface area contributed by atoms with Crippen molar-refractivity contribution < 1.29 is 22.3 Å². The monoisotopic (exact) mass is 436 g/mol. The second-order valence-corrected chi connectivity index (χ2v) is 7.05. The van der Waals surface area contributed by atoms with Crippen LogP contribution in [-0.2, 0) is 6.42 Å². The van der Waals surface area contributed by atoms with Gasteiger partial charge < -0.3 is 19.9 Å². The molecule has 0 fully saturated rings. The first kappa shape index (κ1) is 20.1. The maximum atomic E-state index is 13.4. The number of imidazole rings is 1. The van der Waals surface area contributed by atoms with Gasteiger partial charge in [0.05, 0.1) is 12.0 Å². The maximum absolute atomic E-state index is 13.4. The molecule has 4 rings (SSSR count). The van der Waals surface area contributed by atoms with Crippen molar-refractivity contribution in [2.75, 3.05) is 11.9 Å². The minimum absolute atomic E-state index is 0.317. The Kier molecular flexibility index (Phi) is 5.33. The number of alkyl halides is 3. The van der Waals surface area contributed by atoms with Crippen LogP contribution in [0.25, 0.3) is 0 Å². The SMILES string of the molecule is Fc1ccc([C@@H]2c3nc[nH]c3CCN2C(=S)Nc2ccc(OC(F)(F)F)cc2)cc1. The van der Waals surface area contributed by atoms with E-state index in [-0.39, 0.29) is 17.6 Å². The van der Waals surface area contributed by atoms with E-state index in [2.05, 4.69) is 20.0 Å². The second kappa shape index (κ2) is 7.94. The van der Waals surface area contributed by atoms with E-state index in [9.17, 15) is 17.6 Å². The van der Waals surface area contributed by atoms with Crippen molar-refractivity contribution in [1.29, 1.82) is 0 Å². The third kappa shape index (κ3) is 4.38. The van der Waals surface area contributed by atoms with Gasteiger partial charge in [-0.3, -0.25) is 0 Å². The minimum atomic E-state index is -4.75. The predicted molar refractivity (Wildman–Crippen MR) is 107 cm³/mol. The Morgan fingerprint density at radius 2 is 1.83 bits per heavy atom. The number of thiocarbonyl (C=S) groups is 1. The molecule has 1 aromatic heterocycles. The van der Waals surface area contributed by atoms with Crippen molar-refractivity contribution in [3.05, 3.63) is 77.6 Å². The summed E-state index contributed by atoms with van der Waals surface area (Å²) < 4.78 is 54.3. The van der Waals surface area contributed by atoms with Crippen LogP contribution >= 0.6 is 12.2 Å². The number of nitrogens with zero attached hydrogens (tertiary/aromatic N) is 2. The molecule has 1 aliphatic rings. The highest BCUT2D eigenvalue weighted by Gasteiger charge is 2.33. The Bertz CT molecular complexity index is 1030. The van der Waals surface area contributed by atoms with Gasteiger partial charge in [0.25, 0.3) is 0 Å². The molecule has 0 saturated carbocycles. The van der Waals surface area contributed by atoms with E-state index in [4.69, 9.17) is 12.2 Å². The first-order valence-electron chi connectivity index (χ1n) is 9.01. The standard InChI is InChI=1S/C20H16F4N4OS/c21-13-3-1-12(2-4-13)18-17-16(25-11-26-17)9-10-28(18)19(30)27-14-5-7-15(8-6-14)29-20(22,23)24/h1-8,11,18H,9-10H2,(H,25,26)(H,27,30)/t18-/m1/s1. The summed E-state index contributed by atoms with van der Waals surface area (Å²) in [7, 11) is 0. The van der Waals surface area contributed by atoms with Gasteiger partial charge in [-0.25, -0.2) is 9.37 Å². The average Bonchev–Trinajstić information content (AvgIpc) is 3.17. The summed E-state index contributed by atoms with van der Waals surface area (Å²) in [5, 5.41) is 3.42. The second-order valence-electron chi connectivity index (χ2n) is 6.67. The van der Waals surface area contributed by atoms with Crippen LogP contribution in [0.2, 0.25) is 0 Å². The number of hydrogen-bond acceptors (Lipinski definition) is 3. The molecule has 10 heteroatoms. The number of H-pyrrole nitrogens is 1. The van der Waals surface area contributed by atoms with E-state index in [1.165, 1.54) is 36.4 Å². The van der Waals surface area contributed by atoms with Gasteiger partial charge in [-0.2, -0.15) is 0 Å². The molecule has 5 nitrogen and oxygen atoms in total. The summed E-state index contributed by atoms with van der Waals surface area (Å²) in [4.78, 5) is 9.46. The molecule has 0 amide bonds. The molecule has 1 atom stereocenters. The Balaban J connectivity index is 1.55. The summed E-state index contributed by atoms with van der Waals surface area (Å²) in [6, 6.07) is 11.1. The van der Waals surface area contributed by atoms with Gasteiger partial charge in [0.15, 0.2) is 5.11 Å². The van der Waals surface area contributed by atoms with Crippen LogP contribution in [0.4, 0.5) is 23.2 Å². The molecule has 0 saturated heterocycles. The number of benzene rings is 2. The lowest BCUT2D eigenvalue weighted by molar-refractivity contribution is -0.274. The topological polar surface area (TPSA) is 53.2 Å². The molecule has 0 spiro atoms. The Morgan fingerprint density at radius 1 is 1.13 bits per heavy atom. The molecule has 2 N–H and O–H groups in total. The lowest BCUT2D eigenvalue weighted by Crippen LogP contribution is -2.43. The van der Waals surface area contributed by atoms with Crippen LogP contribution in [0.5, 0.6) is 5.75 Å². The molecule has 0 unspecified atom stereocenters. The number of anilines is 1. The molecule has 3 aromatic rings. The van der Waals surface area contributed by atoms with Crippen LogP contribution < -0.4 is 10.1 Å². The zero-order chi connectivity index (χ0) is 21.3. The van der Waals surface area contributed by atoms with Gasteiger partial charge in [0.2, 0.25) is 0 Å². The summed E-state index contributed by atoms with van der Waals surface area (Å²) in [5.41, 5.74) is 3.12. The number of hydrogen-bond donors (Lipinski definition) is 2. The fourth-order valence-electron chi connectivity index (χ4n) is 3.41. The lowest BCUT2D eigenvalue weighted by Gasteiger charge is -2.37. The molecule has 0 bridgehead atoms. The number of nitrogens with one attached hydrogen (secondary N) is 2. The first-order valence-corrected chi connectivity index (χ1v) is 9.42. The Labute approximate surface area is 174 Å². The molecule has 0 radical (unpaired) electrons. The van der Waals surface area contributed by atoms with E-state index < -0.39 is 6.36 Å². The predicted octanol–water partition coefficient (Wildman–Crippen LogP) is 4.79. The summed E-state index contributed by atoms with van der Waals surface area (Å²) in [6.45, 7) is 0.582. The largest absolute Gasteiger partial charge is 0.573 e. The van der Waals surface area contributed by atoms with Gasteiger partial charge in [0.1, 0.15) is 17.6 Å². The van der Waals surface area contributed by atoms with Crippen molar-refractivity contribution in [3.63, 3.8) is 0 Å². The van der Waals surface area contributed by atoms with Gasteiger partial charge in [-0.05, 0) is 54.2 Å². The van der Waals surface area contributed by atoms with Crippen molar-refractivity contribution in [2.45, 2.75) is 18.8 Å². The van der Waals surface area contributed by atoms with Crippen LogP contribution in [-0.4, -0.2) is 32.9 Å². The maximum Gasteiger partial charge on any atom is 0.573 e.